The molecule has 0 aromatic carbocycles. The molecule has 0 aliphatic carbocycles. The Bertz CT molecular complexity index is 219. The van der Waals surface area contributed by atoms with Crippen molar-refractivity contribution >= 4 is 11.9 Å². The summed E-state index contributed by atoms with van der Waals surface area (Å²) in [4.78, 5) is 20.7. The molecule has 0 spiro atoms. The van der Waals surface area contributed by atoms with Gasteiger partial charge in [-0.05, 0) is 6.92 Å². The average molecular weight is 138 g/mol. The van der Waals surface area contributed by atoms with Crippen LogP contribution in [0.5, 0.6) is 0 Å². The molecule has 0 unspecified atom stereocenters. The average Bonchev–Trinajstić information content (AvgIpc) is 1.87. The zero-order chi connectivity index (χ0) is 8.15. The molecule has 0 aromatic rings. The van der Waals surface area contributed by atoms with Crippen molar-refractivity contribution in [3.63, 3.8) is 0 Å². The molecule has 0 aliphatic heterocycles. The standard InChI is InChI=1S/C7H6O3/c1-4-6(8)10-7(9)5(2)3/h1H,2H2,3H3. The third-order valence-corrected chi connectivity index (χ3v) is 0.652. The van der Waals surface area contributed by atoms with Crippen molar-refractivity contribution in [3.8, 4) is 12.3 Å². The van der Waals surface area contributed by atoms with E-state index >= 15 is 0 Å². The van der Waals surface area contributed by atoms with Crippen LogP contribution in [0.25, 0.3) is 0 Å². The van der Waals surface area contributed by atoms with Gasteiger partial charge in [0.1, 0.15) is 0 Å². The highest BCUT2D eigenvalue weighted by Gasteiger charge is 2.06. The second kappa shape index (κ2) is 3.46. The lowest BCUT2D eigenvalue weighted by Gasteiger charge is -1.94. The molecule has 0 N–H and O–H groups in total. The van der Waals surface area contributed by atoms with Crippen LogP contribution in [-0.2, 0) is 14.3 Å². The summed E-state index contributed by atoms with van der Waals surface area (Å²) in [6.07, 6.45) is 4.61. The minimum atomic E-state index is -0.993. The maximum Gasteiger partial charge on any atom is 0.391 e. The van der Waals surface area contributed by atoms with E-state index in [0.29, 0.717) is 0 Å². The fourth-order valence-corrected chi connectivity index (χ4v) is 0.201. The molecule has 0 aliphatic rings. The summed E-state index contributed by atoms with van der Waals surface area (Å²) in [5, 5.41) is 0. The second-order valence-electron chi connectivity index (χ2n) is 1.60. The third-order valence-electron chi connectivity index (χ3n) is 0.652. The smallest absolute Gasteiger partial charge is 0.380 e. The van der Waals surface area contributed by atoms with E-state index in [1.165, 1.54) is 6.92 Å². The first-order chi connectivity index (χ1) is 4.57. The number of esters is 2. The van der Waals surface area contributed by atoms with Crippen LogP contribution in [-0.4, -0.2) is 11.9 Å². The summed E-state index contributed by atoms with van der Waals surface area (Å²) in [6, 6.07) is 0. The Morgan fingerprint density at radius 1 is 1.60 bits per heavy atom. The number of terminal acetylenes is 1. The van der Waals surface area contributed by atoms with Crippen LogP contribution in [0.4, 0.5) is 0 Å². The Labute approximate surface area is 58.7 Å². The van der Waals surface area contributed by atoms with Gasteiger partial charge in [0.2, 0.25) is 0 Å². The summed E-state index contributed by atoms with van der Waals surface area (Å²) in [5.41, 5.74) is 0.142. The van der Waals surface area contributed by atoms with Crippen molar-refractivity contribution in [2.24, 2.45) is 0 Å². The first kappa shape index (κ1) is 8.44. The molecule has 0 heterocycles. The van der Waals surface area contributed by atoms with E-state index in [1.807, 2.05) is 0 Å². The van der Waals surface area contributed by atoms with Gasteiger partial charge in [0.15, 0.2) is 0 Å². The first-order valence-electron chi connectivity index (χ1n) is 2.46. The maximum atomic E-state index is 10.5. The van der Waals surface area contributed by atoms with Crippen molar-refractivity contribution in [3.05, 3.63) is 12.2 Å². The van der Waals surface area contributed by atoms with Gasteiger partial charge in [-0.1, -0.05) is 6.58 Å². The van der Waals surface area contributed by atoms with Crippen molar-refractivity contribution in [1.82, 2.24) is 0 Å². The predicted molar refractivity (Wildman–Crippen MR) is 34.7 cm³/mol. The second-order valence-corrected chi connectivity index (χ2v) is 1.60. The molecule has 0 rings (SSSR count). The minimum Gasteiger partial charge on any atom is -0.380 e. The lowest BCUT2D eigenvalue weighted by atomic mass is 10.4. The van der Waals surface area contributed by atoms with E-state index in [-0.39, 0.29) is 5.57 Å². The van der Waals surface area contributed by atoms with Gasteiger partial charge >= 0.3 is 11.9 Å². The molecule has 3 heteroatoms. The van der Waals surface area contributed by atoms with Crippen molar-refractivity contribution < 1.29 is 14.3 Å². The summed E-state index contributed by atoms with van der Waals surface area (Å²) >= 11 is 0. The van der Waals surface area contributed by atoms with E-state index in [1.54, 1.807) is 5.92 Å². The number of ether oxygens (including phenoxy) is 1. The van der Waals surface area contributed by atoms with Gasteiger partial charge in [-0.2, -0.15) is 0 Å². The van der Waals surface area contributed by atoms with Crippen LogP contribution < -0.4 is 0 Å². The fourth-order valence-electron chi connectivity index (χ4n) is 0.201. The molecule has 52 valence electrons. The van der Waals surface area contributed by atoms with Gasteiger partial charge in [0, 0.05) is 11.5 Å². The molecule has 0 fully saturated rings. The van der Waals surface area contributed by atoms with Gasteiger partial charge in [-0.25, -0.2) is 9.59 Å². The van der Waals surface area contributed by atoms with Crippen LogP contribution in [0.3, 0.4) is 0 Å². The highest BCUT2D eigenvalue weighted by Crippen LogP contribution is 1.91. The molecule has 0 amide bonds. The Morgan fingerprint density at radius 2 is 2.10 bits per heavy atom. The van der Waals surface area contributed by atoms with Crippen molar-refractivity contribution in [1.29, 1.82) is 0 Å². The number of rotatable bonds is 1. The topological polar surface area (TPSA) is 43.4 Å². The maximum absolute atomic E-state index is 10.5. The van der Waals surface area contributed by atoms with Crippen LogP contribution in [0.2, 0.25) is 0 Å². The van der Waals surface area contributed by atoms with E-state index in [9.17, 15) is 9.59 Å². The molecule has 0 radical (unpaired) electrons. The van der Waals surface area contributed by atoms with E-state index in [4.69, 9.17) is 0 Å². The van der Waals surface area contributed by atoms with E-state index in [2.05, 4.69) is 17.7 Å². The number of hydrogen-bond donors (Lipinski definition) is 0. The fraction of sp³-hybridized carbons (Fsp3) is 0.143. The summed E-state index contributed by atoms with van der Waals surface area (Å²) in [6.45, 7) is 4.67. The molecule has 0 bridgehead atoms. The van der Waals surface area contributed by atoms with E-state index < -0.39 is 11.9 Å². The van der Waals surface area contributed by atoms with E-state index in [0.717, 1.165) is 0 Å². The highest BCUT2D eigenvalue weighted by atomic mass is 16.6. The number of hydrogen-bond acceptors (Lipinski definition) is 3. The van der Waals surface area contributed by atoms with Crippen LogP contribution >= 0.6 is 0 Å². The quantitative estimate of drug-likeness (QED) is 0.172. The summed E-state index contributed by atoms with van der Waals surface area (Å²) in [7, 11) is 0. The van der Waals surface area contributed by atoms with Gasteiger partial charge in [0.05, 0.1) is 0 Å². The predicted octanol–water partition coefficient (Wildman–Crippen LogP) is 0.265. The van der Waals surface area contributed by atoms with Crippen LogP contribution in [0.15, 0.2) is 12.2 Å². The van der Waals surface area contributed by atoms with Crippen molar-refractivity contribution in [2.45, 2.75) is 6.92 Å². The first-order valence-corrected chi connectivity index (χ1v) is 2.46. The van der Waals surface area contributed by atoms with Crippen molar-refractivity contribution in [2.75, 3.05) is 0 Å². The molecule has 0 atom stereocenters. The summed E-state index contributed by atoms with van der Waals surface area (Å²) in [5.74, 6) is -0.154. The number of carbonyl (C=O) groups is 2. The Balaban J connectivity index is 3.96. The zero-order valence-electron chi connectivity index (χ0n) is 5.51. The lowest BCUT2D eigenvalue weighted by Crippen LogP contribution is -2.10. The molecule has 10 heavy (non-hydrogen) atoms. The zero-order valence-corrected chi connectivity index (χ0v) is 5.51. The lowest BCUT2D eigenvalue weighted by molar-refractivity contribution is -0.152. The van der Waals surface area contributed by atoms with Gasteiger partial charge in [0.25, 0.3) is 0 Å². The normalized spacial score (nSPS) is 7.60. The highest BCUT2D eigenvalue weighted by molar-refractivity contribution is 6.01. The van der Waals surface area contributed by atoms with Crippen LogP contribution in [0.1, 0.15) is 6.92 Å². The van der Waals surface area contributed by atoms with Gasteiger partial charge in [-0.15, -0.1) is 6.42 Å². The third kappa shape index (κ3) is 2.68. The molecule has 0 saturated heterocycles. The molecular formula is C7H6O3. The largest absolute Gasteiger partial charge is 0.391 e. The summed E-state index contributed by atoms with van der Waals surface area (Å²) < 4.78 is 4.05. The number of carbonyl (C=O) groups excluding carboxylic acids is 2. The van der Waals surface area contributed by atoms with Gasteiger partial charge < -0.3 is 4.74 Å². The molecule has 0 saturated carbocycles. The molecule has 0 aromatic heterocycles. The Hall–Kier alpha value is -1.56. The molecular weight excluding hydrogens is 132 g/mol. The minimum absolute atomic E-state index is 0.142. The Morgan fingerprint density at radius 3 is 2.40 bits per heavy atom. The monoisotopic (exact) mass is 138 g/mol. The van der Waals surface area contributed by atoms with Crippen LogP contribution in [0, 0.1) is 12.3 Å². The van der Waals surface area contributed by atoms with Gasteiger partial charge in [-0.3, -0.25) is 0 Å². The SMILES string of the molecule is C#CC(=O)OC(=O)C(=C)C. The molecule has 3 nitrogen and oxygen atoms in total. The Kier molecular flexibility index (Phi) is 2.92.